The first-order chi connectivity index (χ1) is 10.7. The third-order valence-electron chi connectivity index (χ3n) is 8.48. The quantitative estimate of drug-likeness (QED) is 0.678. The number of likely N-dealkylation sites (N-methyl/N-ethyl adjacent to an activating group) is 1. The van der Waals surface area contributed by atoms with Crippen LogP contribution in [0.5, 0.6) is 0 Å². The van der Waals surface area contributed by atoms with Crippen molar-refractivity contribution >= 4 is 5.69 Å². The van der Waals surface area contributed by atoms with Crippen LogP contribution in [0, 0.1) is 11.3 Å². The molecule has 2 nitrogen and oxygen atoms in total. The summed E-state index contributed by atoms with van der Waals surface area (Å²) < 4.78 is 0. The van der Waals surface area contributed by atoms with Gasteiger partial charge in [0.15, 0.2) is 0 Å². The van der Waals surface area contributed by atoms with Crippen molar-refractivity contribution < 1.29 is 0 Å². The van der Waals surface area contributed by atoms with Crippen molar-refractivity contribution in [3.05, 3.63) is 42.0 Å². The van der Waals surface area contributed by atoms with Crippen LogP contribution in [0.2, 0.25) is 0 Å². The van der Waals surface area contributed by atoms with Crippen LogP contribution in [0.1, 0.15) is 31.7 Å². The van der Waals surface area contributed by atoms with Crippen LogP contribution in [0.15, 0.2) is 36.4 Å². The fourth-order valence-corrected chi connectivity index (χ4v) is 7.97. The molecule has 2 aliphatic carbocycles. The fraction of sp³-hybridized carbons (Fsp3) is 0.600. The van der Waals surface area contributed by atoms with Crippen LogP contribution < -0.4 is 4.90 Å². The third-order valence-corrected chi connectivity index (χ3v) is 8.48. The molecular weight excluding hydrogens is 268 g/mol. The summed E-state index contributed by atoms with van der Waals surface area (Å²) in [6.07, 6.45) is 9.21. The van der Waals surface area contributed by atoms with E-state index in [1.54, 1.807) is 5.56 Å². The Morgan fingerprint density at radius 1 is 1.14 bits per heavy atom. The maximum Gasteiger partial charge on any atom is 0.0546 e. The molecule has 1 aromatic carbocycles. The number of fused-ring (bicyclic) bond motifs is 1. The second-order valence-electron chi connectivity index (χ2n) is 8.36. The lowest BCUT2D eigenvalue weighted by Gasteiger charge is -2.49. The summed E-state index contributed by atoms with van der Waals surface area (Å²) in [5, 5.41) is 0. The summed E-state index contributed by atoms with van der Waals surface area (Å²) >= 11 is 0. The molecule has 6 rings (SSSR count). The molecule has 5 unspecified atom stereocenters. The minimum atomic E-state index is 0.352. The molecule has 0 N–H and O–H groups in total. The minimum absolute atomic E-state index is 0.352. The first-order valence-electron chi connectivity index (χ1n) is 8.94. The van der Waals surface area contributed by atoms with Crippen LogP contribution in [0.3, 0.4) is 0 Å². The summed E-state index contributed by atoms with van der Waals surface area (Å²) in [7, 11) is 2.38. The Labute approximate surface area is 132 Å². The van der Waals surface area contributed by atoms with E-state index in [0.29, 0.717) is 16.4 Å². The first kappa shape index (κ1) is 12.2. The molecular formula is C20H24N2. The summed E-state index contributed by atoms with van der Waals surface area (Å²) in [6, 6.07) is 10.0. The molecule has 0 aromatic heterocycles. The van der Waals surface area contributed by atoms with Crippen molar-refractivity contribution in [2.24, 2.45) is 11.3 Å². The van der Waals surface area contributed by atoms with E-state index >= 15 is 0 Å². The highest BCUT2D eigenvalue weighted by atomic mass is 15.3. The summed E-state index contributed by atoms with van der Waals surface area (Å²) in [5.74, 6) is 0.752. The maximum atomic E-state index is 2.81. The summed E-state index contributed by atoms with van der Waals surface area (Å²) in [5.41, 5.74) is 4.33. The van der Waals surface area contributed by atoms with Gasteiger partial charge in [-0.3, -0.25) is 4.90 Å². The van der Waals surface area contributed by atoms with Crippen LogP contribution >= 0.6 is 0 Å². The van der Waals surface area contributed by atoms with Gasteiger partial charge in [0, 0.05) is 36.2 Å². The van der Waals surface area contributed by atoms with Gasteiger partial charge in [-0.2, -0.15) is 0 Å². The van der Waals surface area contributed by atoms with Crippen molar-refractivity contribution in [1.82, 2.24) is 4.90 Å². The Bertz CT molecular complexity index is 724. The molecule has 1 aromatic rings. The molecule has 0 amide bonds. The van der Waals surface area contributed by atoms with E-state index in [2.05, 4.69) is 60.2 Å². The molecule has 22 heavy (non-hydrogen) atoms. The minimum Gasteiger partial charge on any atom is -0.367 e. The SMILES string of the molecule is CC1C23C=CCN4CCC5(c6ccccc6N(C)C15CC2)C43. The normalized spacial score (nSPS) is 50.4. The molecule has 3 fully saturated rings. The highest BCUT2D eigenvalue weighted by molar-refractivity contribution is 5.72. The van der Waals surface area contributed by atoms with Crippen molar-refractivity contribution in [2.75, 3.05) is 25.0 Å². The largest absolute Gasteiger partial charge is 0.367 e. The third kappa shape index (κ3) is 0.859. The lowest BCUT2D eigenvalue weighted by atomic mass is 9.60. The van der Waals surface area contributed by atoms with E-state index in [9.17, 15) is 0 Å². The molecule has 2 heteroatoms. The van der Waals surface area contributed by atoms with Crippen LogP contribution in [0.4, 0.5) is 5.69 Å². The highest BCUT2D eigenvalue weighted by Gasteiger charge is 2.83. The molecule has 1 saturated heterocycles. The Balaban J connectivity index is 1.74. The van der Waals surface area contributed by atoms with Gasteiger partial charge < -0.3 is 4.90 Å². The van der Waals surface area contributed by atoms with E-state index in [4.69, 9.17) is 0 Å². The monoisotopic (exact) mass is 292 g/mol. The second kappa shape index (κ2) is 3.31. The number of hydrogen-bond acceptors (Lipinski definition) is 2. The van der Waals surface area contributed by atoms with Gasteiger partial charge in [0.05, 0.1) is 5.54 Å². The maximum absolute atomic E-state index is 2.81. The summed E-state index contributed by atoms with van der Waals surface area (Å²) in [6.45, 7) is 5.01. The fourth-order valence-electron chi connectivity index (χ4n) is 7.97. The number of nitrogens with zero attached hydrogens (tertiary/aromatic N) is 2. The van der Waals surface area contributed by atoms with Crippen molar-refractivity contribution in [3.63, 3.8) is 0 Å². The average Bonchev–Trinajstić information content (AvgIpc) is 3.20. The molecule has 3 spiro atoms. The molecule has 5 aliphatic rings. The molecule has 2 saturated carbocycles. The van der Waals surface area contributed by atoms with Gasteiger partial charge >= 0.3 is 0 Å². The van der Waals surface area contributed by atoms with Crippen molar-refractivity contribution in [1.29, 1.82) is 0 Å². The Morgan fingerprint density at radius 3 is 2.91 bits per heavy atom. The molecule has 3 aliphatic heterocycles. The smallest absolute Gasteiger partial charge is 0.0546 e. The van der Waals surface area contributed by atoms with Crippen molar-refractivity contribution in [2.45, 2.75) is 43.2 Å². The van der Waals surface area contributed by atoms with Crippen LogP contribution in [-0.2, 0) is 5.41 Å². The first-order valence-corrected chi connectivity index (χ1v) is 8.94. The van der Waals surface area contributed by atoms with Gasteiger partial charge in [0.25, 0.3) is 0 Å². The van der Waals surface area contributed by atoms with Gasteiger partial charge in [-0.25, -0.2) is 0 Å². The Kier molecular flexibility index (Phi) is 1.83. The second-order valence-corrected chi connectivity index (χ2v) is 8.36. The summed E-state index contributed by atoms with van der Waals surface area (Å²) in [4.78, 5) is 5.52. The highest BCUT2D eigenvalue weighted by Crippen LogP contribution is 2.78. The number of rotatable bonds is 0. The van der Waals surface area contributed by atoms with Gasteiger partial charge in [0.1, 0.15) is 0 Å². The number of anilines is 1. The Hall–Kier alpha value is -1.28. The number of benzene rings is 1. The molecule has 5 atom stereocenters. The lowest BCUT2D eigenvalue weighted by Crippen LogP contribution is -2.60. The van der Waals surface area contributed by atoms with E-state index in [1.807, 2.05) is 0 Å². The zero-order valence-corrected chi connectivity index (χ0v) is 13.5. The van der Waals surface area contributed by atoms with Gasteiger partial charge in [-0.1, -0.05) is 37.3 Å². The molecule has 2 bridgehead atoms. The predicted octanol–water partition coefficient (Wildman–Crippen LogP) is 3.19. The predicted molar refractivity (Wildman–Crippen MR) is 89.2 cm³/mol. The molecule has 3 heterocycles. The number of hydrogen-bond donors (Lipinski definition) is 0. The van der Waals surface area contributed by atoms with Crippen LogP contribution in [0.25, 0.3) is 0 Å². The lowest BCUT2D eigenvalue weighted by molar-refractivity contribution is 0.0983. The van der Waals surface area contributed by atoms with Gasteiger partial charge in [0.2, 0.25) is 0 Å². The van der Waals surface area contributed by atoms with E-state index in [0.717, 1.165) is 12.0 Å². The van der Waals surface area contributed by atoms with E-state index < -0.39 is 0 Å². The van der Waals surface area contributed by atoms with Gasteiger partial charge in [-0.15, -0.1) is 0 Å². The number of para-hydroxylation sites is 1. The average molecular weight is 292 g/mol. The standard InChI is InChI=1S/C20H24N2/c1-14-18-8-5-12-22-13-11-19(17(18)22)15-6-3-4-7-16(15)21(2)20(14,19)10-9-18/h3-8,14,17H,9-13H2,1-2H3. The topological polar surface area (TPSA) is 6.48 Å². The zero-order valence-electron chi connectivity index (χ0n) is 13.5. The van der Waals surface area contributed by atoms with E-state index in [1.165, 1.54) is 38.0 Å². The van der Waals surface area contributed by atoms with E-state index in [-0.39, 0.29) is 0 Å². The molecule has 0 radical (unpaired) electrons. The van der Waals surface area contributed by atoms with Gasteiger partial charge in [-0.05, 0) is 43.4 Å². The molecule has 114 valence electrons. The van der Waals surface area contributed by atoms with Crippen molar-refractivity contribution in [3.8, 4) is 0 Å². The Morgan fingerprint density at radius 2 is 2.00 bits per heavy atom. The van der Waals surface area contributed by atoms with Crippen LogP contribution in [-0.4, -0.2) is 36.6 Å². The zero-order chi connectivity index (χ0) is 14.7.